The third-order valence-corrected chi connectivity index (χ3v) is 3.42. The number of nitrogens with zero attached hydrogens (tertiary/aromatic N) is 2. The Morgan fingerprint density at radius 1 is 1.29 bits per heavy atom. The molecule has 0 unspecified atom stereocenters. The van der Waals surface area contributed by atoms with Crippen LogP contribution in [0.5, 0.6) is 0 Å². The summed E-state index contributed by atoms with van der Waals surface area (Å²) in [6, 6.07) is 8.17. The van der Waals surface area contributed by atoms with Gasteiger partial charge in [0.1, 0.15) is 10.8 Å². The molecule has 17 heavy (non-hydrogen) atoms. The maximum absolute atomic E-state index is 4.39. The minimum atomic E-state index is 0.861. The lowest BCUT2D eigenvalue weighted by Gasteiger charge is -2.01. The van der Waals surface area contributed by atoms with Gasteiger partial charge in [-0.15, -0.1) is 0 Å². The summed E-state index contributed by atoms with van der Waals surface area (Å²) in [4.78, 5) is 7.28. The average Bonchev–Trinajstić information content (AvgIpc) is 2.99. The van der Waals surface area contributed by atoms with E-state index in [1.54, 1.807) is 6.20 Å². The number of H-pyrrole nitrogens is 1. The fraction of sp³-hybridized carbons (Fsp3) is 0.167. The number of nitrogens with one attached hydrogen (secondary N) is 2. The molecule has 0 radical (unpaired) electrons. The molecule has 0 bridgehead atoms. The summed E-state index contributed by atoms with van der Waals surface area (Å²) in [6.07, 6.45) is 4.51. The predicted octanol–water partition coefficient (Wildman–Crippen LogP) is 2.67. The Bertz CT molecular complexity index is 600. The Morgan fingerprint density at radius 2 is 2.24 bits per heavy atom. The predicted molar refractivity (Wildman–Crippen MR) is 70.4 cm³/mol. The second-order valence-electron chi connectivity index (χ2n) is 3.74. The van der Waals surface area contributed by atoms with E-state index in [1.807, 2.05) is 24.4 Å². The lowest BCUT2D eigenvalue weighted by atomic mass is 10.2. The monoisotopic (exact) mass is 244 g/mol. The highest BCUT2D eigenvalue weighted by Gasteiger charge is 2.04. The maximum Gasteiger partial charge on any atom is 0.117 e. The molecule has 0 aliphatic rings. The van der Waals surface area contributed by atoms with Crippen molar-refractivity contribution >= 4 is 27.4 Å². The molecule has 0 fully saturated rings. The highest BCUT2D eigenvalue weighted by Crippen LogP contribution is 2.26. The molecule has 2 heterocycles. The Balaban J connectivity index is 1.69. The molecule has 0 aliphatic carbocycles. The standard InChI is InChI=1S/C12H12N4S/c1-2-4-10-9(3-1)12(17-16-10)15-6-5-11-13-7-8-14-11/h1-4,7-8,15H,5-6H2,(H,13,14). The third kappa shape index (κ3) is 2.14. The largest absolute Gasteiger partial charge is 0.375 e. The molecule has 86 valence electrons. The van der Waals surface area contributed by atoms with Gasteiger partial charge in [-0.1, -0.05) is 12.1 Å². The van der Waals surface area contributed by atoms with Gasteiger partial charge in [0.25, 0.3) is 0 Å². The maximum atomic E-state index is 4.39. The molecule has 5 heteroatoms. The van der Waals surface area contributed by atoms with Crippen LogP contribution in [0.25, 0.3) is 10.9 Å². The normalized spacial score (nSPS) is 10.8. The first-order valence-electron chi connectivity index (χ1n) is 5.50. The topological polar surface area (TPSA) is 53.6 Å². The van der Waals surface area contributed by atoms with Crippen LogP contribution in [0.3, 0.4) is 0 Å². The van der Waals surface area contributed by atoms with Crippen LogP contribution in [0.4, 0.5) is 5.00 Å². The molecular formula is C12H12N4S. The number of fused-ring (bicyclic) bond motifs is 1. The number of benzene rings is 1. The Morgan fingerprint density at radius 3 is 3.12 bits per heavy atom. The van der Waals surface area contributed by atoms with Gasteiger partial charge in [-0.2, -0.15) is 4.37 Å². The van der Waals surface area contributed by atoms with Crippen LogP contribution >= 0.6 is 11.5 Å². The number of anilines is 1. The number of hydrogen-bond donors (Lipinski definition) is 2. The van der Waals surface area contributed by atoms with Gasteiger partial charge in [-0.05, 0) is 23.7 Å². The first kappa shape index (κ1) is 10.3. The van der Waals surface area contributed by atoms with Gasteiger partial charge in [-0.3, -0.25) is 0 Å². The zero-order valence-electron chi connectivity index (χ0n) is 9.18. The number of hydrogen-bond acceptors (Lipinski definition) is 4. The van der Waals surface area contributed by atoms with Gasteiger partial charge >= 0.3 is 0 Å². The Labute approximate surface area is 103 Å². The minimum absolute atomic E-state index is 0.861. The molecular weight excluding hydrogens is 232 g/mol. The summed E-state index contributed by atoms with van der Waals surface area (Å²) in [5.74, 6) is 1.01. The van der Waals surface area contributed by atoms with Crippen LogP contribution in [0.2, 0.25) is 0 Å². The van der Waals surface area contributed by atoms with E-state index in [4.69, 9.17) is 0 Å². The van der Waals surface area contributed by atoms with Gasteiger partial charge in [0.05, 0.1) is 5.52 Å². The zero-order chi connectivity index (χ0) is 11.5. The molecule has 3 aromatic rings. The Kier molecular flexibility index (Phi) is 2.75. The fourth-order valence-corrected chi connectivity index (χ4v) is 2.53. The van der Waals surface area contributed by atoms with E-state index in [1.165, 1.54) is 16.9 Å². The molecule has 2 N–H and O–H groups in total. The summed E-state index contributed by atoms with van der Waals surface area (Å²) >= 11 is 1.51. The summed E-state index contributed by atoms with van der Waals surface area (Å²) < 4.78 is 4.39. The molecule has 0 atom stereocenters. The molecule has 0 spiro atoms. The van der Waals surface area contributed by atoms with Crippen molar-refractivity contribution in [2.75, 3.05) is 11.9 Å². The summed E-state index contributed by atoms with van der Waals surface area (Å²) in [5, 5.41) is 5.73. The van der Waals surface area contributed by atoms with Crippen molar-refractivity contribution in [3.63, 3.8) is 0 Å². The summed E-state index contributed by atoms with van der Waals surface area (Å²) in [5.41, 5.74) is 1.05. The van der Waals surface area contributed by atoms with Gasteiger partial charge < -0.3 is 10.3 Å². The highest BCUT2D eigenvalue weighted by atomic mass is 32.1. The molecule has 4 nitrogen and oxygen atoms in total. The van der Waals surface area contributed by atoms with Gasteiger partial charge in [0.2, 0.25) is 0 Å². The lowest BCUT2D eigenvalue weighted by molar-refractivity contribution is 0.930. The van der Waals surface area contributed by atoms with E-state index in [-0.39, 0.29) is 0 Å². The van der Waals surface area contributed by atoms with Crippen molar-refractivity contribution in [2.24, 2.45) is 0 Å². The van der Waals surface area contributed by atoms with Crippen molar-refractivity contribution in [1.82, 2.24) is 14.3 Å². The van der Waals surface area contributed by atoms with Crippen LogP contribution in [-0.2, 0) is 6.42 Å². The molecule has 0 amide bonds. The van der Waals surface area contributed by atoms with E-state index in [0.717, 1.165) is 29.3 Å². The summed E-state index contributed by atoms with van der Waals surface area (Å²) in [7, 11) is 0. The molecule has 0 aliphatic heterocycles. The van der Waals surface area contributed by atoms with E-state index in [9.17, 15) is 0 Å². The van der Waals surface area contributed by atoms with Crippen molar-refractivity contribution in [3.8, 4) is 0 Å². The van der Waals surface area contributed by atoms with Crippen LogP contribution < -0.4 is 5.32 Å². The highest BCUT2D eigenvalue weighted by molar-refractivity contribution is 7.11. The second kappa shape index (κ2) is 4.55. The van der Waals surface area contributed by atoms with Crippen molar-refractivity contribution in [3.05, 3.63) is 42.5 Å². The van der Waals surface area contributed by atoms with Crippen LogP contribution in [-0.4, -0.2) is 20.9 Å². The number of imidazole rings is 1. The third-order valence-electron chi connectivity index (χ3n) is 2.59. The molecule has 0 saturated heterocycles. The molecule has 3 rings (SSSR count). The van der Waals surface area contributed by atoms with Gasteiger partial charge in [-0.25, -0.2) is 4.98 Å². The number of aromatic nitrogens is 3. The Hall–Kier alpha value is -1.88. The molecule has 2 aromatic heterocycles. The first-order valence-corrected chi connectivity index (χ1v) is 6.27. The minimum Gasteiger partial charge on any atom is -0.375 e. The second-order valence-corrected chi connectivity index (χ2v) is 4.51. The first-order chi connectivity index (χ1) is 8.43. The van der Waals surface area contributed by atoms with Crippen LogP contribution in [0.1, 0.15) is 5.82 Å². The zero-order valence-corrected chi connectivity index (χ0v) is 10.00. The quantitative estimate of drug-likeness (QED) is 0.742. The van der Waals surface area contributed by atoms with Gasteiger partial charge in [0.15, 0.2) is 0 Å². The average molecular weight is 244 g/mol. The van der Waals surface area contributed by atoms with E-state index in [0.29, 0.717) is 0 Å². The number of aromatic amines is 1. The van der Waals surface area contributed by atoms with Gasteiger partial charge in [0, 0.05) is 30.7 Å². The fourth-order valence-electron chi connectivity index (χ4n) is 1.75. The smallest absolute Gasteiger partial charge is 0.117 e. The van der Waals surface area contributed by atoms with Crippen LogP contribution in [0.15, 0.2) is 36.7 Å². The summed E-state index contributed by atoms with van der Waals surface area (Å²) in [6.45, 7) is 0.861. The van der Waals surface area contributed by atoms with Crippen molar-refractivity contribution in [1.29, 1.82) is 0 Å². The van der Waals surface area contributed by atoms with Crippen LogP contribution in [0, 0.1) is 0 Å². The molecule has 1 aromatic carbocycles. The SMILES string of the molecule is c1ccc2c(NCCc3ncc[nH]3)snc2c1. The molecule has 0 saturated carbocycles. The van der Waals surface area contributed by atoms with E-state index >= 15 is 0 Å². The van der Waals surface area contributed by atoms with Crippen molar-refractivity contribution in [2.45, 2.75) is 6.42 Å². The number of rotatable bonds is 4. The van der Waals surface area contributed by atoms with E-state index < -0.39 is 0 Å². The lowest BCUT2D eigenvalue weighted by Crippen LogP contribution is -2.04. The van der Waals surface area contributed by atoms with E-state index in [2.05, 4.69) is 25.7 Å². The van der Waals surface area contributed by atoms with Crippen molar-refractivity contribution < 1.29 is 0 Å².